The van der Waals surface area contributed by atoms with Gasteiger partial charge in [-0.15, -0.1) is 0 Å². The average molecular weight is 473 g/mol. The Bertz CT molecular complexity index is 1160. The molecule has 186 valence electrons. The first-order chi connectivity index (χ1) is 16.2. The van der Waals surface area contributed by atoms with Crippen molar-refractivity contribution in [2.24, 2.45) is 0 Å². The number of esters is 1. The van der Waals surface area contributed by atoms with E-state index < -0.39 is 5.97 Å². The van der Waals surface area contributed by atoms with Crippen molar-refractivity contribution in [2.75, 3.05) is 0 Å². The molecule has 0 aliphatic carbocycles. The maximum atomic E-state index is 12.0. The Labute approximate surface area is 211 Å². The SMILES string of the molecule is C=CC(=O)Oc1c(Cc2cc(C)cc(C(C)(C)C)c2)cc(C)cc1C(C)(C)C.Oc1ccccc1. The molecule has 0 heterocycles. The Morgan fingerprint density at radius 2 is 1.49 bits per heavy atom. The normalized spacial score (nSPS) is 11.3. The minimum absolute atomic E-state index is 0.0854. The summed E-state index contributed by atoms with van der Waals surface area (Å²) in [6.45, 7) is 20.9. The minimum Gasteiger partial charge on any atom is -0.508 e. The predicted octanol–water partition coefficient (Wildman–Crippen LogP) is 7.97. The summed E-state index contributed by atoms with van der Waals surface area (Å²) in [6.07, 6.45) is 1.94. The third kappa shape index (κ3) is 8.43. The molecule has 1 N–H and O–H groups in total. The van der Waals surface area contributed by atoms with Gasteiger partial charge in [-0.2, -0.15) is 0 Å². The van der Waals surface area contributed by atoms with Gasteiger partial charge in [0.2, 0.25) is 0 Å². The number of carbonyl (C=O) groups excluding carboxylic acids is 1. The number of aromatic hydroxyl groups is 1. The van der Waals surface area contributed by atoms with Crippen LogP contribution in [0.1, 0.15) is 74.9 Å². The molecule has 0 fully saturated rings. The molecule has 0 saturated carbocycles. The van der Waals surface area contributed by atoms with Crippen molar-refractivity contribution in [1.82, 2.24) is 0 Å². The maximum absolute atomic E-state index is 12.0. The molecule has 0 saturated heterocycles. The zero-order valence-electron chi connectivity index (χ0n) is 22.5. The summed E-state index contributed by atoms with van der Waals surface area (Å²) < 4.78 is 5.75. The van der Waals surface area contributed by atoms with Crippen LogP contribution in [0.3, 0.4) is 0 Å². The molecular formula is C32H40O3. The fraction of sp³-hybridized carbons (Fsp3) is 0.344. The van der Waals surface area contributed by atoms with E-state index in [1.165, 1.54) is 28.3 Å². The van der Waals surface area contributed by atoms with Crippen LogP contribution in [0.2, 0.25) is 0 Å². The van der Waals surface area contributed by atoms with E-state index in [4.69, 9.17) is 9.84 Å². The van der Waals surface area contributed by atoms with E-state index in [2.05, 4.69) is 92.3 Å². The summed E-state index contributed by atoms with van der Waals surface area (Å²) in [5.74, 6) is 0.569. The molecule has 3 nitrogen and oxygen atoms in total. The molecule has 0 spiro atoms. The van der Waals surface area contributed by atoms with Crippen molar-refractivity contribution >= 4 is 5.97 Å². The standard InChI is InChI=1S/C26H34O2.C6H6O/c1-10-23(27)28-24-20(12-18(3)14-22(24)26(7,8)9)15-19-11-17(2)13-21(16-19)25(4,5)6;7-6-4-2-1-3-5-6/h10-14,16H,1,15H2,2-9H3;1-5,7H. The molecule has 3 heteroatoms. The number of phenolic OH excluding ortho intramolecular Hbond substituents is 1. The number of rotatable bonds is 4. The molecule has 35 heavy (non-hydrogen) atoms. The highest BCUT2D eigenvalue weighted by Gasteiger charge is 2.24. The second kappa shape index (κ2) is 11.4. The Morgan fingerprint density at radius 1 is 0.886 bits per heavy atom. The first-order valence-corrected chi connectivity index (χ1v) is 12.0. The van der Waals surface area contributed by atoms with E-state index in [1.54, 1.807) is 24.3 Å². The lowest BCUT2D eigenvalue weighted by molar-refractivity contribution is -0.129. The van der Waals surface area contributed by atoms with Crippen LogP contribution < -0.4 is 4.74 Å². The molecule has 0 radical (unpaired) electrons. The Balaban J connectivity index is 0.000000527. The van der Waals surface area contributed by atoms with Crippen LogP contribution >= 0.6 is 0 Å². The van der Waals surface area contributed by atoms with E-state index >= 15 is 0 Å². The third-order valence-corrected chi connectivity index (χ3v) is 5.64. The van der Waals surface area contributed by atoms with E-state index in [0.29, 0.717) is 11.5 Å². The molecule has 0 aliphatic rings. The van der Waals surface area contributed by atoms with Crippen molar-refractivity contribution < 1.29 is 14.6 Å². The molecule has 3 rings (SSSR count). The second-order valence-corrected chi connectivity index (χ2v) is 11.1. The van der Waals surface area contributed by atoms with Crippen molar-refractivity contribution in [3.8, 4) is 11.5 Å². The van der Waals surface area contributed by atoms with Crippen LogP contribution in [-0.4, -0.2) is 11.1 Å². The number of carbonyl (C=O) groups is 1. The highest BCUT2D eigenvalue weighted by Crippen LogP contribution is 2.37. The monoisotopic (exact) mass is 472 g/mol. The van der Waals surface area contributed by atoms with E-state index in [1.807, 2.05) is 6.07 Å². The topological polar surface area (TPSA) is 46.5 Å². The summed E-state index contributed by atoms with van der Waals surface area (Å²) in [5, 5.41) is 8.63. The Morgan fingerprint density at radius 3 is 1.97 bits per heavy atom. The van der Waals surface area contributed by atoms with Gasteiger partial charge < -0.3 is 9.84 Å². The largest absolute Gasteiger partial charge is 0.508 e. The van der Waals surface area contributed by atoms with Crippen LogP contribution in [0.25, 0.3) is 0 Å². The fourth-order valence-corrected chi connectivity index (χ4v) is 3.84. The quantitative estimate of drug-likeness (QED) is 0.238. The summed E-state index contributed by atoms with van der Waals surface area (Å²) in [6, 6.07) is 19.7. The van der Waals surface area contributed by atoms with E-state index in [9.17, 15) is 4.79 Å². The summed E-state index contributed by atoms with van der Waals surface area (Å²) in [7, 11) is 0. The van der Waals surface area contributed by atoms with Crippen LogP contribution in [-0.2, 0) is 22.0 Å². The molecule has 0 atom stereocenters. The van der Waals surface area contributed by atoms with Crippen LogP contribution in [0, 0.1) is 13.8 Å². The zero-order chi connectivity index (χ0) is 26.4. The smallest absolute Gasteiger partial charge is 0.335 e. The number of benzene rings is 3. The van der Waals surface area contributed by atoms with Gasteiger partial charge in [-0.25, -0.2) is 4.79 Å². The summed E-state index contributed by atoms with van der Waals surface area (Å²) >= 11 is 0. The molecule has 0 aliphatic heterocycles. The van der Waals surface area contributed by atoms with Gasteiger partial charge in [0.1, 0.15) is 11.5 Å². The van der Waals surface area contributed by atoms with Crippen LogP contribution in [0.4, 0.5) is 0 Å². The highest BCUT2D eigenvalue weighted by molar-refractivity contribution is 5.84. The fourth-order valence-electron chi connectivity index (χ4n) is 3.84. The van der Waals surface area contributed by atoms with Gasteiger partial charge >= 0.3 is 5.97 Å². The van der Waals surface area contributed by atoms with Crippen molar-refractivity contribution in [3.63, 3.8) is 0 Å². The van der Waals surface area contributed by atoms with Gasteiger partial charge in [-0.1, -0.05) is 108 Å². The minimum atomic E-state index is -0.421. The predicted molar refractivity (Wildman–Crippen MR) is 147 cm³/mol. The first-order valence-electron chi connectivity index (χ1n) is 12.0. The van der Waals surface area contributed by atoms with Crippen LogP contribution in [0.5, 0.6) is 11.5 Å². The molecule has 3 aromatic rings. The first kappa shape index (κ1) is 27.9. The van der Waals surface area contributed by atoms with Gasteiger partial charge in [0.15, 0.2) is 0 Å². The van der Waals surface area contributed by atoms with E-state index in [0.717, 1.165) is 17.5 Å². The van der Waals surface area contributed by atoms with Gasteiger partial charge in [-0.3, -0.25) is 0 Å². The molecule has 0 bridgehead atoms. The number of hydrogen-bond donors (Lipinski definition) is 1. The number of aryl methyl sites for hydroxylation is 2. The molecule has 0 amide bonds. The summed E-state index contributed by atoms with van der Waals surface area (Å²) in [5.41, 5.74) is 6.98. The Hall–Kier alpha value is -3.33. The van der Waals surface area contributed by atoms with Crippen LogP contribution in [0.15, 0.2) is 73.3 Å². The average Bonchev–Trinajstić information content (AvgIpc) is 2.74. The number of ether oxygens (including phenoxy) is 1. The molecule has 0 unspecified atom stereocenters. The lowest BCUT2D eigenvalue weighted by Gasteiger charge is -2.25. The number of para-hydroxylation sites is 1. The number of phenols is 1. The Kier molecular flexibility index (Phi) is 9.09. The highest BCUT2D eigenvalue weighted by atomic mass is 16.5. The van der Waals surface area contributed by atoms with Gasteiger partial charge in [0.05, 0.1) is 0 Å². The summed E-state index contributed by atoms with van der Waals surface area (Å²) in [4.78, 5) is 12.0. The second-order valence-electron chi connectivity index (χ2n) is 11.1. The number of hydrogen-bond acceptors (Lipinski definition) is 3. The van der Waals surface area contributed by atoms with Gasteiger partial charge in [0, 0.05) is 18.1 Å². The van der Waals surface area contributed by atoms with E-state index in [-0.39, 0.29) is 10.8 Å². The molecular weight excluding hydrogens is 432 g/mol. The molecule has 3 aromatic carbocycles. The molecule has 0 aromatic heterocycles. The lowest BCUT2D eigenvalue weighted by atomic mass is 9.82. The van der Waals surface area contributed by atoms with Crippen molar-refractivity contribution in [1.29, 1.82) is 0 Å². The zero-order valence-corrected chi connectivity index (χ0v) is 22.5. The lowest BCUT2D eigenvalue weighted by Crippen LogP contribution is -2.17. The van der Waals surface area contributed by atoms with Gasteiger partial charge in [0.25, 0.3) is 0 Å². The third-order valence-electron chi connectivity index (χ3n) is 5.64. The van der Waals surface area contributed by atoms with Gasteiger partial charge in [-0.05, 0) is 53.5 Å². The maximum Gasteiger partial charge on any atom is 0.335 e. The van der Waals surface area contributed by atoms with Crippen molar-refractivity contribution in [2.45, 2.75) is 72.6 Å². The van der Waals surface area contributed by atoms with Crippen molar-refractivity contribution in [3.05, 3.63) is 107 Å².